The van der Waals surface area contributed by atoms with Crippen molar-refractivity contribution in [2.45, 2.75) is 17.9 Å². The summed E-state index contributed by atoms with van der Waals surface area (Å²) in [5.74, 6) is 0.0915. The number of aromatic amines is 1. The highest BCUT2D eigenvalue weighted by Gasteiger charge is 2.18. The summed E-state index contributed by atoms with van der Waals surface area (Å²) < 4.78 is 27.9. The Kier molecular flexibility index (Phi) is 5.07. The van der Waals surface area contributed by atoms with E-state index in [1.165, 1.54) is 17.4 Å². The maximum absolute atomic E-state index is 12.8. The molecule has 9 heteroatoms. The molecule has 0 amide bonds. The Balaban J connectivity index is 1.51. The first-order chi connectivity index (χ1) is 15.4. The molecule has 0 radical (unpaired) electrons. The molecule has 2 N–H and O–H groups in total. The number of nitrogens with one attached hydrogen (secondary N) is 1. The van der Waals surface area contributed by atoms with Crippen molar-refractivity contribution < 1.29 is 13.5 Å². The zero-order valence-corrected chi connectivity index (χ0v) is 18.5. The molecule has 3 heterocycles. The zero-order valence-electron chi connectivity index (χ0n) is 16.9. The minimum Gasteiger partial charge on any atom is -0.507 e. The Morgan fingerprint density at radius 1 is 1.09 bits per heavy atom. The van der Waals surface area contributed by atoms with Crippen LogP contribution in [-0.4, -0.2) is 33.8 Å². The number of aromatic nitrogens is 3. The summed E-state index contributed by atoms with van der Waals surface area (Å²) in [7, 11) is -3.44. The summed E-state index contributed by atoms with van der Waals surface area (Å²) in [6.45, 7) is 0.579. The van der Waals surface area contributed by atoms with Crippen molar-refractivity contribution in [1.29, 1.82) is 0 Å². The van der Waals surface area contributed by atoms with Crippen LogP contribution < -0.4 is 5.56 Å². The number of pyridine rings is 1. The third-order valence-electron chi connectivity index (χ3n) is 5.46. The number of aryl methyl sites for hydroxylation is 1. The molecule has 0 aliphatic rings. The highest BCUT2D eigenvalue weighted by molar-refractivity contribution is 7.91. The van der Waals surface area contributed by atoms with E-state index in [0.717, 1.165) is 10.8 Å². The number of nitrogens with zero attached hydrogens (tertiary/aromatic N) is 2. The lowest BCUT2D eigenvalue weighted by Gasteiger charge is -2.12. The Morgan fingerprint density at radius 2 is 1.91 bits per heavy atom. The maximum atomic E-state index is 12.8. The van der Waals surface area contributed by atoms with Gasteiger partial charge < -0.3 is 14.7 Å². The molecular weight excluding hydrogens is 446 g/mol. The van der Waals surface area contributed by atoms with Crippen molar-refractivity contribution in [2.24, 2.45) is 0 Å². The van der Waals surface area contributed by atoms with Gasteiger partial charge in [-0.3, -0.25) is 4.79 Å². The van der Waals surface area contributed by atoms with Crippen LogP contribution >= 0.6 is 11.3 Å². The number of hydrogen-bond acceptors (Lipinski definition) is 6. The third-order valence-corrected chi connectivity index (χ3v) is 8.19. The highest BCUT2D eigenvalue weighted by atomic mass is 32.2. The molecule has 0 unspecified atom stereocenters. The third kappa shape index (κ3) is 3.59. The molecule has 0 aliphatic carbocycles. The van der Waals surface area contributed by atoms with Gasteiger partial charge in [-0.25, -0.2) is 13.4 Å². The van der Waals surface area contributed by atoms with Gasteiger partial charge in [0.1, 0.15) is 10.4 Å². The minimum absolute atomic E-state index is 0.0286. The summed E-state index contributed by atoms with van der Waals surface area (Å²) in [4.78, 5) is 19.4. The molecule has 2 aromatic carbocycles. The number of rotatable bonds is 6. The van der Waals surface area contributed by atoms with E-state index in [9.17, 15) is 18.3 Å². The van der Waals surface area contributed by atoms with E-state index in [0.29, 0.717) is 34.3 Å². The summed E-state index contributed by atoms with van der Waals surface area (Å²) in [6, 6.07) is 11.6. The average Bonchev–Trinajstić information content (AvgIpc) is 3.47. The average molecular weight is 466 g/mol. The molecule has 0 bridgehead atoms. The standard InChI is InChI=1S/C23H19N3O4S2/c27-19-7-6-18-21(17-8-12-31-22(17)23(28)25-18)20(19)15-2-4-16(5-3-15)32(29,30)13-1-10-26-11-9-24-14-26/h2-9,11-12,14,27H,1,10,13H2,(H,25,28). The van der Waals surface area contributed by atoms with Crippen molar-refractivity contribution >= 4 is 42.2 Å². The van der Waals surface area contributed by atoms with Crippen molar-refractivity contribution in [2.75, 3.05) is 5.75 Å². The molecule has 162 valence electrons. The van der Waals surface area contributed by atoms with Gasteiger partial charge in [0.2, 0.25) is 0 Å². The molecule has 3 aromatic heterocycles. The quantitative estimate of drug-likeness (QED) is 0.391. The Morgan fingerprint density at radius 3 is 2.66 bits per heavy atom. The van der Waals surface area contributed by atoms with Gasteiger partial charge in [-0.1, -0.05) is 12.1 Å². The topological polar surface area (TPSA) is 105 Å². The molecule has 0 fully saturated rings. The molecule has 32 heavy (non-hydrogen) atoms. The predicted molar refractivity (Wildman–Crippen MR) is 126 cm³/mol. The van der Waals surface area contributed by atoms with Crippen molar-refractivity contribution in [3.05, 3.63) is 76.9 Å². The van der Waals surface area contributed by atoms with E-state index in [-0.39, 0.29) is 22.0 Å². The molecule has 0 saturated heterocycles. The first-order valence-electron chi connectivity index (χ1n) is 9.98. The Hall–Kier alpha value is -3.43. The van der Waals surface area contributed by atoms with Crippen molar-refractivity contribution in [3.8, 4) is 16.9 Å². The fourth-order valence-electron chi connectivity index (χ4n) is 3.93. The lowest BCUT2D eigenvalue weighted by atomic mass is 9.97. The fraction of sp³-hybridized carbons (Fsp3) is 0.130. The SMILES string of the molecule is O=c1[nH]c2ccc(O)c(-c3ccc(S(=O)(=O)CCCn4ccnc4)cc3)c2c2ccsc12. The predicted octanol–water partition coefficient (Wildman–Crippen LogP) is 4.18. The van der Waals surface area contributed by atoms with Crippen LogP contribution in [0.1, 0.15) is 6.42 Å². The normalized spacial score (nSPS) is 12.0. The highest BCUT2D eigenvalue weighted by Crippen LogP contribution is 2.39. The van der Waals surface area contributed by atoms with E-state index in [2.05, 4.69) is 9.97 Å². The van der Waals surface area contributed by atoms with Gasteiger partial charge in [0.25, 0.3) is 5.56 Å². The number of H-pyrrole nitrogens is 1. The molecule has 0 aliphatic heterocycles. The van der Waals surface area contributed by atoms with E-state index < -0.39 is 9.84 Å². The number of thiophene rings is 1. The van der Waals surface area contributed by atoms with Gasteiger partial charge in [0, 0.05) is 40.8 Å². The molecular formula is C23H19N3O4S2. The van der Waals surface area contributed by atoms with Gasteiger partial charge in [0.15, 0.2) is 9.84 Å². The van der Waals surface area contributed by atoms with Crippen LogP contribution in [0, 0.1) is 0 Å². The largest absolute Gasteiger partial charge is 0.507 e. The van der Waals surface area contributed by atoms with E-state index in [1.54, 1.807) is 49.1 Å². The molecule has 0 atom stereocenters. The molecule has 0 saturated carbocycles. The number of fused-ring (bicyclic) bond motifs is 3. The van der Waals surface area contributed by atoms with Gasteiger partial charge in [0.05, 0.1) is 17.0 Å². The molecule has 7 nitrogen and oxygen atoms in total. The van der Waals surface area contributed by atoms with Crippen LogP contribution in [0.3, 0.4) is 0 Å². The second-order valence-corrected chi connectivity index (χ2v) is 10.5. The second-order valence-electron chi connectivity index (χ2n) is 7.50. The Labute approximate surface area is 187 Å². The summed E-state index contributed by atoms with van der Waals surface area (Å²) in [5, 5.41) is 14.0. The lowest BCUT2D eigenvalue weighted by molar-refractivity contribution is 0.478. The molecule has 5 aromatic rings. The number of phenolic OH excluding ortho intramolecular Hbond substituents is 1. The van der Waals surface area contributed by atoms with E-state index in [1.807, 2.05) is 16.0 Å². The summed E-state index contributed by atoms with van der Waals surface area (Å²) in [6.07, 6.45) is 5.61. The zero-order chi connectivity index (χ0) is 22.3. The molecule has 0 spiro atoms. The monoisotopic (exact) mass is 465 g/mol. The second kappa shape index (κ2) is 7.92. The van der Waals surface area contributed by atoms with Crippen LogP contribution in [-0.2, 0) is 16.4 Å². The van der Waals surface area contributed by atoms with Crippen LogP contribution in [0.2, 0.25) is 0 Å². The van der Waals surface area contributed by atoms with Crippen molar-refractivity contribution in [1.82, 2.24) is 14.5 Å². The Bertz CT molecular complexity index is 1580. The van der Waals surface area contributed by atoms with Crippen LogP contribution in [0.4, 0.5) is 0 Å². The van der Waals surface area contributed by atoms with E-state index in [4.69, 9.17) is 0 Å². The minimum atomic E-state index is -3.44. The number of hydrogen-bond donors (Lipinski definition) is 2. The fourth-order valence-corrected chi connectivity index (χ4v) is 6.02. The lowest BCUT2D eigenvalue weighted by Crippen LogP contribution is -2.09. The van der Waals surface area contributed by atoms with Gasteiger partial charge in [-0.15, -0.1) is 11.3 Å². The number of sulfone groups is 1. The van der Waals surface area contributed by atoms with Gasteiger partial charge in [-0.05, 0) is 47.7 Å². The first-order valence-corrected chi connectivity index (χ1v) is 12.5. The summed E-state index contributed by atoms with van der Waals surface area (Å²) in [5.41, 5.74) is 1.68. The number of benzene rings is 2. The number of aromatic hydroxyl groups is 1. The van der Waals surface area contributed by atoms with Gasteiger partial charge in [-0.2, -0.15) is 0 Å². The van der Waals surface area contributed by atoms with Crippen LogP contribution in [0.5, 0.6) is 5.75 Å². The van der Waals surface area contributed by atoms with E-state index >= 15 is 0 Å². The maximum Gasteiger partial charge on any atom is 0.266 e. The summed E-state index contributed by atoms with van der Waals surface area (Å²) >= 11 is 1.34. The van der Waals surface area contributed by atoms with Crippen LogP contribution in [0.15, 0.2) is 76.3 Å². The number of phenols is 1. The number of imidazole rings is 1. The van der Waals surface area contributed by atoms with Crippen molar-refractivity contribution in [3.63, 3.8) is 0 Å². The van der Waals surface area contributed by atoms with Crippen LogP contribution in [0.25, 0.3) is 32.1 Å². The first kappa shape index (κ1) is 20.5. The molecule has 5 rings (SSSR count). The smallest absolute Gasteiger partial charge is 0.266 e. The van der Waals surface area contributed by atoms with Gasteiger partial charge >= 0.3 is 0 Å².